The maximum atomic E-state index is 8.39. The van der Waals surface area contributed by atoms with Crippen molar-refractivity contribution in [2.24, 2.45) is 0 Å². The second-order valence-electron chi connectivity index (χ2n) is 3.95. The summed E-state index contributed by atoms with van der Waals surface area (Å²) >= 11 is 6.33. The Kier molecular flexibility index (Phi) is 2.10. The average Bonchev–Trinajstić information content (AvgIpc) is 2.67. The Morgan fingerprint density at radius 1 is 0.500 bits per heavy atom. The highest BCUT2D eigenvalue weighted by Gasteiger charge is 2.00. The van der Waals surface area contributed by atoms with Gasteiger partial charge in [0.15, 0.2) is 0 Å². The van der Waals surface area contributed by atoms with Crippen LogP contribution < -0.4 is 0 Å². The zero-order chi connectivity index (χ0) is 20.9. The van der Waals surface area contributed by atoms with E-state index in [1.54, 1.807) is 24.3 Å². The topological polar surface area (TPSA) is 0 Å². The summed E-state index contributed by atoms with van der Waals surface area (Å²) in [6.07, 6.45) is 0. The molecule has 0 aliphatic heterocycles. The SMILES string of the molecule is [2H]c1c([2H])c(-c2c([2H])c([2H])c(-c3ccc(Br)cc3)c([2H])c2[2H])c([2H])c([2H])c1Br. The van der Waals surface area contributed by atoms with Crippen molar-refractivity contribution in [1.29, 1.82) is 0 Å². The van der Waals surface area contributed by atoms with Gasteiger partial charge in [-0.25, -0.2) is 0 Å². The first kappa shape index (κ1) is 7.06. The third-order valence-corrected chi connectivity index (χ3v) is 3.53. The van der Waals surface area contributed by atoms with Gasteiger partial charge in [0.05, 0.1) is 11.0 Å². The number of halogens is 2. The van der Waals surface area contributed by atoms with Crippen LogP contribution >= 0.6 is 31.9 Å². The molecule has 20 heavy (non-hydrogen) atoms. The summed E-state index contributed by atoms with van der Waals surface area (Å²) in [6, 6.07) is 3.82. The van der Waals surface area contributed by atoms with Crippen molar-refractivity contribution in [3.05, 3.63) is 81.6 Å². The lowest BCUT2D eigenvalue weighted by molar-refractivity contribution is 1.57. The molecule has 0 aliphatic carbocycles. The highest BCUT2D eigenvalue weighted by Crippen LogP contribution is 2.26. The van der Waals surface area contributed by atoms with Crippen molar-refractivity contribution in [2.45, 2.75) is 0 Å². The predicted octanol–water partition coefficient (Wildman–Crippen LogP) is 6.55. The second-order valence-corrected chi connectivity index (χ2v) is 5.65. The lowest BCUT2D eigenvalue weighted by Crippen LogP contribution is -1.80. The number of hydrogen-bond donors (Lipinski definition) is 0. The van der Waals surface area contributed by atoms with Gasteiger partial charge in [-0.05, 0) is 46.5 Å². The number of rotatable bonds is 2. The van der Waals surface area contributed by atoms with E-state index < -0.39 is 24.2 Å². The summed E-state index contributed by atoms with van der Waals surface area (Å²) in [5.41, 5.74) is 0.110. The van der Waals surface area contributed by atoms with Gasteiger partial charge in [-0.15, -0.1) is 0 Å². The monoisotopic (exact) mass is 394 g/mol. The van der Waals surface area contributed by atoms with Crippen LogP contribution in [-0.4, -0.2) is 0 Å². The van der Waals surface area contributed by atoms with Crippen LogP contribution in [0.15, 0.2) is 81.6 Å². The maximum absolute atomic E-state index is 8.39. The molecule has 0 heterocycles. The lowest BCUT2D eigenvalue weighted by Gasteiger charge is -2.05. The first-order valence-corrected chi connectivity index (χ1v) is 7.29. The fourth-order valence-corrected chi connectivity index (χ4v) is 2.08. The molecule has 0 aliphatic rings. The molecule has 0 fully saturated rings. The van der Waals surface area contributed by atoms with Gasteiger partial charge in [-0.3, -0.25) is 0 Å². The van der Waals surface area contributed by atoms with Crippen molar-refractivity contribution < 1.29 is 11.0 Å². The molecule has 2 heteroatoms. The van der Waals surface area contributed by atoms with Crippen molar-refractivity contribution >= 4 is 31.9 Å². The van der Waals surface area contributed by atoms with E-state index in [0.29, 0.717) is 5.56 Å². The summed E-state index contributed by atoms with van der Waals surface area (Å²) in [5.74, 6) is 0. The third-order valence-electron chi connectivity index (χ3n) is 2.60. The fourth-order valence-electron chi connectivity index (χ4n) is 1.62. The van der Waals surface area contributed by atoms with Crippen molar-refractivity contribution in [3.8, 4) is 22.3 Å². The molecule has 3 rings (SSSR count). The molecule has 0 atom stereocenters. The zero-order valence-corrected chi connectivity index (χ0v) is 13.2. The van der Waals surface area contributed by atoms with Crippen molar-refractivity contribution in [3.63, 3.8) is 0 Å². The summed E-state index contributed by atoms with van der Waals surface area (Å²) in [7, 11) is 0. The third kappa shape index (κ3) is 3.02. The molecular weight excluding hydrogens is 376 g/mol. The normalized spacial score (nSPS) is 16.1. The molecule has 0 amide bonds. The van der Waals surface area contributed by atoms with Crippen LogP contribution in [0.1, 0.15) is 11.0 Å². The molecule has 0 saturated heterocycles. The van der Waals surface area contributed by atoms with Crippen LogP contribution in [0.25, 0.3) is 22.3 Å². The van der Waals surface area contributed by atoms with E-state index >= 15 is 0 Å². The second kappa shape index (κ2) is 5.94. The van der Waals surface area contributed by atoms with Crippen molar-refractivity contribution in [2.75, 3.05) is 0 Å². The molecule has 0 bridgehead atoms. The first-order chi connectivity index (χ1) is 13.1. The fraction of sp³-hybridized carbons (Fsp3) is 0. The first-order valence-electron chi connectivity index (χ1n) is 9.70. The van der Waals surface area contributed by atoms with Crippen LogP contribution in [0.2, 0.25) is 0 Å². The van der Waals surface area contributed by atoms with Gasteiger partial charge < -0.3 is 0 Å². The minimum Gasteiger partial charge on any atom is -0.0538 e. The molecule has 3 aromatic rings. The van der Waals surface area contributed by atoms with E-state index in [9.17, 15) is 0 Å². The quantitative estimate of drug-likeness (QED) is 0.461. The smallest absolute Gasteiger partial charge is 0.0538 e. The molecule has 0 aromatic heterocycles. The van der Waals surface area contributed by atoms with E-state index in [2.05, 4.69) is 31.9 Å². The number of hydrogen-bond acceptors (Lipinski definition) is 0. The molecular formula is C18H12Br2. The maximum Gasteiger partial charge on any atom is 0.0635 e. The zero-order valence-electron chi connectivity index (χ0n) is 18.1. The molecule has 0 spiro atoms. The Labute approximate surface area is 147 Å². The van der Waals surface area contributed by atoms with Gasteiger partial charge in [0, 0.05) is 8.95 Å². The Hall–Kier alpha value is -1.38. The van der Waals surface area contributed by atoms with Crippen molar-refractivity contribution in [1.82, 2.24) is 0 Å². The molecule has 3 aromatic carbocycles. The van der Waals surface area contributed by atoms with Gasteiger partial charge in [-0.2, -0.15) is 0 Å². The molecule has 0 unspecified atom stereocenters. The molecule has 0 radical (unpaired) electrons. The van der Waals surface area contributed by atoms with Gasteiger partial charge >= 0.3 is 0 Å². The van der Waals surface area contributed by atoms with Crippen LogP contribution in [0, 0.1) is 0 Å². The molecule has 0 nitrogen and oxygen atoms in total. The van der Waals surface area contributed by atoms with Gasteiger partial charge in [0.1, 0.15) is 0 Å². The van der Waals surface area contributed by atoms with Crippen LogP contribution in [0.4, 0.5) is 0 Å². The Morgan fingerprint density at radius 3 is 1.40 bits per heavy atom. The molecule has 98 valence electrons. The summed E-state index contributed by atoms with van der Waals surface area (Å²) in [5, 5.41) is 0. The van der Waals surface area contributed by atoms with Crippen LogP contribution in [0.5, 0.6) is 0 Å². The van der Waals surface area contributed by atoms with E-state index in [1.165, 1.54) is 0 Å². The Balaban J connectivity index is 2.40. The van der Waals surface area contributed by atoms with E-state index in [-0.39, 0.29) is 45.3 Å². The minimum atomic E-state index is -0.426. The number of benzene rings is 3. The Bertz CT molecular complexity index is 1050. The van der Waals surface area contributed by atoms with Crippen LogP contribution in [-0.2, 0) is 0 Å². The van der Waals surface area contributed by atoms with Crippen LogP contribution in [0.3, 0.4) is 0 Å². The van der Waals surface area contributed by atoms with Gasteiger partial charge in [-0.1, -0.05) is 80.2 Å². The molecule has 0 saturated carbocycles. The predicted molar refractivity (Wildman–Crippen MR) is 92.7 cm³/mol. The summed E-state index contributed by atoms with van der Waals surface area (Å²) in [6.45, 7) is 0. The lowest BCUT2D eigenvalue weighted by atomic mass is 10.0. The van der Waals surface area contributed by atoms with E-state index in [1.807, 2.05) is 0 Å². The largest absolute Gasteiger partial charge is 0.0635 e. The van der Waals surface area contributed by atoms with Gasteiger partial charge in [0.2, 0.25) is 0 Å². The summed E-state index contributed by atoms with van der Waals surface area (Å²) < 4.78 is 66.6. The summed E-state index contributed by atoms with van der Waals surface area (Å²) in [4.78, 5) is 0. The highest BCUT2D eigenvalue weighted by molar-refractivity contribution is 9.10. The highest BCUT2D eigenvalue weighted by atomic mass is 79.9. The average molecular weight is 396 g/mol. The van der Waals surface area contributed by atoms with E-state index in [4.69, 9.17) is 11.0 Å². The van der Waals surface area contributed by atoms with Gasteiger partial charge in [0.25, 0.3) is 0 Å². The minimum absolute atomic E-state index is 0.0204. The van der Waals surface area contributed by atoms with E-state index in [0.717, 1.165) is 4.47 Å². The standard InChI is InChI=1S/C18H12Br2/c19-17-9-5-15(6-10-17)13-1-2-14(4-3-13)16-7-11-18(20)12-8-16/h1-12H/i1D,2D,3D,4D,5D,6D,9D,10D. The molecule has 0 N–H and O–H groups in total. The Morgan fingerprint density at radius 2 is 0.900 bits per heavy atom.